The Labute approximate surface area is 63.1 Å². The number of hydrogen-bond acceptors (Lipinski definition) is 4. The average molecular weight is 152 g/mol. The predicted octanol–water partition coefficient (Wildman–Crippen LogP) is -0.0523. The van der Waals surface area contributed by atoms with Gasteiger partial charge in [0.25, 0.3) is 0 Å². The highest BCUT2D eigenvalue weighted by molar-refractivity contribution is 5.84. The molecule has 0 aliphatic rings. The van der Waals surface area contributed by atoms with Gasteiger partial charge in [-0.3, -0.25) is 0 Å². The number of nitrogens with one attached hydrogen (secondary N) is 1. The molecule has 0 atom stereocenters. The van der Waals surface area contributed by atoms with E-state index in [-0.39, 0.29) is 12.4 Å². The summed E-state index contributed by atoms with van der Waals surface area (Å²) in [4.78, 5) is 13.2. The molecule has 0 saturated heterocycles. The van der Waals surface area contributed by atoms with Gasteiger partial charge in [0.2, 0.25) is 5.82 Å². The van der Waals surface area contributed by atoms with Gasteiger partial charge in [-0.1, -0.05) is 12.7 Å². The van der Waals surface area contributed by atoms with Crippen LogP contribution in [0, 0.1) is 6.33 Å². The van der Waals surface area contributed by atoms with Crippen LogP contribution < -0.4 is 0 Å². The molecule has 1 heterocycles. The van der Waals surface area contributed by atoms with E-state index >= 15 is 0 Å². The van der Waals surface area contributed by atoms with Crippen LogP contribution in [-0.4, -0.2) is 27.8 Å². The van der Waals surface area contributed by atoms with Crippen LogP contribution in [0.15, 0.2) is 12.7 Å². The van der Waals surface area contributed by atoms with Crippen molar-refractivity contribution in [2.24, 2.45) is 0 Å². The zero-order valence-corrected chi connectivity index (χ0v) is 5.70. The fourth-order valence-electron chi connectivity index (χ4n) is 0.473. The second-order valence-electron chi connectivity index (χ2n) is 1.67. The minimum absolute atomic E-state index is 0.0480. The molecule has 5 heteroatoms. The Morgan fingerprint density at radius 3 is 3.27 bits per heavy atom. The molecule has 0 unspecified atom stereocenters. The van der Waals surface area contributed by atoms with Crippen LogP contribution in [-0.2, 0) is 4.74 Å². The van der Waals surface area contributed by atoms with Crippen LogP contribution in [0.1, 0.15) is 10.6 Å². The van der Waals surface area contributed by atoms with Crippen molar-refractivity contribution in [3.63, 3.8) is 0 Å². The fourth-order valence-corrected chi connectivity index (χ4v) is 0.473. The molecule has 0 spiro atoms. The van der Waals surface area contributed by atoms with Crippen molar-refractivity contribution in [3.05, 3.63) is 24.8 Å². The van der Waals surface area contributed by atoms with Crippen molar-refractivity contribution in [3.8, 4) is 0 Å². The molecule has 57 valence electrons. The maximum absolute atomic E-state index is 10.8. The molecule has 1 N–H and O–H groups in total. The number of carbonyl (C=O) groups is 1. The predicted molar refractivity (Wildman–Crippen MR) is 35.7 cm³/mol. The molecule has 1 aromatic rings. The molecule has 0 saturated carbocycles. The first-order valence-corrected chi connectivity index (χ1v) is 2.91. The summed E-state index contributed by atoms with van der Waals surface area (Å²) < 4.78 is 4.62. The van der Waals surface area contributed by atoms with Gasteiger partial charge in [0, 0.05) is 0 Å². The van der Waals surface area contributed by atoms with E-state index in [0.717, 1.165) is 0 Å². The summed E-state index contributed by atoms with van der Waals surface area (Å²) in [5.74, 6) is -0.509. The first kappa shape index (κ1) is 7.46. The van der Waals surface area contributed by atoms with E-state index in [1.807, 2.05) is 0 Å². The zero-order chi connectivity index (χ0) is 8.10. The van der Waals surface area contributed by atoms with Crippen molar-refractivity contribution in [2.75, 3.05) is 6.61 Å². The van der Waals surface area contributed by atoms with Crippen molar-refractivity contribution in [1.29, 1.82) is 0 Å². The summed E-state index contributed by atoms with van der Waals surface area (Å²) in [5.41, 5.74) is 0. The first-order chi connectivity index (χ1) is 5.34. The lowest BCUT2D eigenvalue weighted by Gasteiger charge is -1.95. The van der Waals surface area contributed by atoms with Crippen LogP contribution in [0.2, 0.25) is 0 Å². The average Bonchev–Trinajstić information content (AvgIpc) is 2.52. The zero-order valence-electron chi connectivity index (χ0n) is 5.70. The van der Waals surface area contributed by atoms with E-state index in [1.165, 1.54) is 6.08 Å². The Bertz CT molecular complexity index is 242. The molecule has 0 aliphatic heterocycles. The standard InChI is InChI=1S/C6H6N3O2/c1-2-3-11-6(10)5-7-4-8-9-5/h2H,1,3H2,(H,7,8,9). The van der Waals surface area contributed by atoms with Crippen LogP contribution in [0.5, 0.6) is 0 Å². The van der Waals surface area contributed by atoms with Gasteiger partial charge in [-0.15, -0.1) is 10.2 Å². The van der Waals surface area contributed by atoms with Gasteiger partial charge in [-0.05, 0) is 0 Å². The van der Waals surface area contributed by atoms with Gasteiger partial charge >= 0.3 is 5.97 Å². The molecule has 0 aromatic carbocycles. The number of hydrogen-bond donors (Lipinski definition) is 1. The van der Waals surface area contributed by atoms with Crippen LogP contribution >= 0.6 is 0 Å². The molecule has 1 aromatic heterocycles. The molecule has 1 rings (SSSR count). The smallest absolute Gasteiger partial charge is 0.376 e. The summed E-state index contributed by atoms with van der Waals surface area (Å²) >= 11 is 0. The lowest BCUT2D eigenvalue weighted by atomic mass is 10.6. The third kappa shape index (κ3) is 1.89. The number of aromatic nitrogens is 3. The Kier molecular flexibility index (Phi) is 2.37. The van der Waals surface area contributed by atoms with E-state index in [2.05, 4.69) is 32.8 Å². The number of nitrogens with zero attached hydrogens (tertiary/aromatic N) is 2. The third-order valence-electron chi connectivity index (χ3n) is 0.900. The lowest BCUT2D eigenvalue weighted by Crippen LogP contribution is -2.06. The summed E-state index contributed by atoms with van der Waals surface area (Å²) in [6, 6.07) is 0. The van der Waals surface area contributed by atoms with Gasteiger partial charge in [-0.2, -0.15) is 0 Å². The molecular weight excluding hydrogens is 146 g/mol. The molecule has 0 fully saturated rings. The second kappa shape index (κ2) is 3.50. The SMILES string of the molecule is C=CCOC(=O)c1nn[c][nH]1. The van der Waals surface area contributed by atoms with Gasteiger partial charge in [0.1, 0.15) is 6.61 Å². The monoisotopic (exact) mass is 152 g/mol. The number of rotatable bonds is 3. The lowest BCUT2D eigenvalue weighted by molar-refractivity contribution is 0.0536. The van der Waals surface area contributed by atoms with Gasteiger partial charge in [0.15, 0.2) is 6.33 Å². The van der Waals surface area contributed by atoms with Crippen LogP contribution in [0.3, 0.4) is 0 Å². The second-order valence-corrected chi connectivity index (χ2v) is 1.67. The summed E-state index contributed by atoms with van der Waals surface area (Å²) in [6.07, 6.45) is 3.74. The molecule has 0 bridgehead atoms. The van der Waals surface area contributed by atoms with Gasteiger partial charge in [0.05, 0.1) is 0 Å². The molecule has 0 amide bonds. The van der Waals surface area contributed by atoms with Crippen LogP contribution in [0.25, 0.3) is 0 Å². The molecule has 5 nitrogen and oxygen atoms in total. The van der Waals surface area contributed by atoms with E-state index in [4.69, 9.17) is 0 Å². The number of esters is 1. The first-order valence-electron chi connectivity index (χ1n) is 2.91. The highest BCUT2D eigenvalue weighted by atomic mass is 16.5. The molecule has 0 aliphatic carbocycles. The number of carbonyl (C=O) groups excluding carboxylic acids is 1. The van der Waals surface area contributed by atoms with E-state index in [9.17, 15) is 4.79 Å². The quantitative estimate of drug-likeness (QED) is 0.487. The van der Waals surface area contributed by atoms with Crippen molar-refractivity contribution < 1.29 is 9.53 Å². The maximum atomic E-state index is 10.8. The van der Waals surface area contributed by atoms with E-state index in [0.29, 0.717) is 0 Å². The van der Waals surface area contributed by atoms with Crippen LogP contribution in [0.4, 0.5) is 0 Å². The summed E-state index contributed by atoms with van der Waals surface area (Å²) in [6.45, 7) is 3.55. The normalized spacial score (nSPS) is 9.09. The maximum Gasteiger partial charge on any atom is 0.376 e. The summed E-state index contributed by atoms with van der Waals surface area (Å²) in [5, 5.41) is 6.69. The third-order valence-corrected chi connectivity index (χ3v) is 0.900. The Morgan fingerprint density at radius 1 is 1.91 bits per heavy atom. The van der Waals surface area contributed by atoms with Crippen molar-refractivity contribution in [1.82, 2.24) is 15.2 Å². The Balaban J connectivity index is 2.49. The minimum Gasteiger partial charge on any atom is -0.456 e. The Morgan fingerprint density at radius 2 is 2.73 bits per heavy atom. The summed E-state index contributed by atoms with van der Waals surface area (Å²) in [7, 11) is 0. The number of ether oxygens (including phenoxy) is 1. The molecule has 11 heavy (non-hydrogen) atoms. The van der Waals surface area contributed by atoms with E-state index in [1.54, 1.807) is 0 Å². The number of aromatic amines is 1. The highest BCUT2D eigenvalue weighted by Gasteiger charge is 2.08. The largest absolute Gasteiger partial charge is 0.456 e. The fraction of sp³-hybridized carbons (Fsp3) is 0.167. The van der Waals surface area contributed by atoms with Crippen molar-refractivity contribution >= 4 is 5.97 Å². The van der Waals surface area contributed by atoms with Crippen molar-refractivity contribution in [2.45, 2.75) is 0 Å². The highest BCUT2D eigenvalue weighted by Crippen LogP contribution is 1.89. The van der Waals surface area contributed by atoms with Gasteiger partial charge < -0.3 is 9.72 Å². The number of H-pyrrole nitrogens is 1. The molecule has 1 radical (unpaired) electrons. The van der Waals surface area contributed by atoms with Gasteiger partial charge in [-0.25, -0.2) is 4.79 Å². The van der Waals surface area contributed by atoms with E-state index < -0.39 is 5.97 Å². The molecular formula is C6H6N3O2. The topological polar surface area (TPSA) is 67.9 Å². The minimum atomic E-state index is -0.557. The Hall–Kier alpha value is -1.65.